The number of carbonyl (C=O) groups excluding carboxylic acids is 1. The van der Waals surface area contributed by atoms with E-state index in [1.165, 1.54) is 20.3 Å². The molecule has 0 amide bonds. The van der Waals surface area contributed by atoms with E-state index in [1.54, 1.807) is 49.4 Å². The lowest BCUT2D eigenvalue weighted by Gasteiger charge is -2.10. The Morgan fingerprint density at radius 2 is 1.65 bits per heavy atom. The number of nitrogens with zero attached hydrogens (tertiary/aromatic N) is 2. The summed E-state index contributed by atoms with van der Waals surface area (Å²) in [6, 6.07) is 13.3. The molecule has 6 nitrogen and oxygen atoms in total. The maximum absolute atomic E-state index is 13.8. The van der Waals surface area contributed by atoms with Crippen LogP contribution in [0.3, 0.4) is 0 Å². The largest absolute Gasteiger partial charge is 0.464 e. The number of benzene rings is 2. The molecule has 7 heteroatoms. The van der Waals surface area contributed by atoms with Crippen molar-refractivity contribution in [3.8, 4) is 0 Å². The van der Waals surface area contributed by atoms with Gasteiger partial charge in [0.05, 0.1) is 12.8 Å². The standard InChI is InChI=1S/C19H19FN2O4/c1-13(15-9-6-7-11-17(15)20)21-26-12-14-8-4-5-10-16(14)18(22-25-3)19(23)24-2/h4-11H,12H2,1-3H3/b21-13+,22-18+. The molecule has 0 atom stereocenters. The smallest absolute Gasteiger partial charge is 0.360 e. The zero-order valence-electron chi connectivity index (χ0n) is 14.7. The molecule has 0 aromatic heterocycles. The zero-order valence-corrected chi connectivity index (χ0v) is 14.7. The highest BCUT2D eigenvalue weighted by Gasteiger charge is 2.19. The van der Waals surface area contributed by atoms with Gasteiger partial charge in [-0.2, -0.15) is 0 Å². The molecule has 0 aliphatic carbocycles. The third kappa shape index (κ3) is 4.66. The molecule has 2 rings (SSSR count). The maximum Gasteiger partial charge on any atom is 0.360 e. The van der Waals surface area contributed by atoms with Crippen LogP contribution in [0.1, 0.15) is 23.6 Å². The van der Waals surface area contributed by atoms with Gasteiger partial charge in [0, 0.05) is 16.7 Å². The van der Waals surface area contributed by atoms with Crippen LogP contribution in [0.2, 0.25) is 0 Å². The number of oxime groups is 2. The monoisotopic (exact) mass is 358 g/mol. The number of carbonyl (C=O) groups is 1. The van der Waals surface area contributed by atoms with E-state index in [0.717, 1.165) is 0 Å². The third-order valence-corrected chi connectivity index (χ3v) is 3.52. The fraction of sp³-hybridized carbons (Fsp3) is 0.211. The van der Waals surface area contributed by atoms with Crippen LogP contribution in [-0.2, 0) is 25.8 Å². The molecule has 0 radical (unpaired) electrons. The van der Waals surface area contributed by atoms with Crippen molar-refractivity contribution in [1.29, 1.82) is 0 Å². The second kappa shape index (κ2) is 9.31. The molecule has 0 fully saturated rings. The Labute approximate surface area is 150 Å². The molecule has 0 unspecified atom stereocenters. The lowest BCUT2D eigenvalue weighted by molar-refractivity contribution is -0.132. The Morgan fingerprint density at radius 1 is 1.00 bits per heavy atom. The van der Waals surface area contributed by atoms with Gasteiger partial charge in [-0.25, -0.2) is 9.18 Å². The van der Waals surface area contributed by atoms with Crippen LogP contribution in [0.4, 0.5) is 4.39 Å². The van der Waals surface area contributed by atoms with E-state index in [-0.39, 0.29) is 18.1 Å². The van der Waals surface area contributed by atoms with Crippen LogP contribution in [0.5, 0.6) is 0 Å². The molecule has 26 heavy (non-hydrogen) atoms. The van der Waals surface area contributed by atoms with E-state index < -0.39 is 5.97 Å². The van der Waals surface area contributed by atoms with E-state index in [1.807, 2.05) is 0 Å². The van der Waals surface area contributed by atoms with Gasteiger partial charge < -0.3 is 14.4 Å². The summed E-state index contributed by atoms with van der Waals surface area (Å²) in [5.41, 5.74) is 1.93. The number of esters is 1. The van der Waals surface area contributed by atoms with Gasteiger partial charge in [0.2, 0.25) is 0 Å². The highest BCUT2D eigenvalue weighted by Crippen LogP contribution is 2.14. The number of methoxy groups -OCH3 is 1. The first kappa shape index (κ1) is 19.1. The normalized spacial score (nSPS) is 11.8. The summed E-state index contributed by atoms with van der Waals surface area (Å²) in [6.45, 7) is 1.71. The van der Waals surface area contributed by atoms with Crippen molar-refractivity contribution in [3.63, 3.8) is 0 Å². The SMILES string of the molecule is CO/N=C(/C(=O)OC)c1ccccc1CO/N=C(\C)c1ccccc1F. The minimum absolute atomic E-state index is 0.0176. The van der Waals surface area contributed by atoms with Gasteiger partial charge in [0.15, 0.2) is 5.71 Å². The average Bonchev–Trinajstić information content (AvgIpc) is 2.66. The fourth-order valence-electron chi connectivity index (χ4n) is 2.26. The lowest BCUT2D eigenvalue weighted by atomic mass is 10.0. The van der Waals surface area contributed by atoms with Gasteiger partial charge in [0.1, 0.15) is 19.5 Å². The van der Waals surface area contributed by atoms with Gasteiger partial charge in [-0.1, -0.05) is 52.8 Å². The predicted molar refractivity (Wildman–Crippen MR) is 95.4 cm³/mol. The second-order valence-corrected chi connectivity index (χ2v) is 5.20. The van der Waals surface area contributed by atoms with Crippen molar-refractivity contribution in [1.82, 2.24) is 0 Å². The van der Waals surface area contributed by atoms with Crippen LogP contribution < -0.4 is 0 Å². The van der Waals surface area contributed by atoms with Crippen molar-refractivity contribution < 1.29 is 23.6 Å². The molecule has 0 aliphatic heterocycles. The second-order valence-electron chi connectivity index (χ2n) is 5.20. The van der Waals surface area contributed by atoms with E-state index in [2.05, 4.69) is 10.3 Å². The van der Waals surface area contributed by atoms with Crippen LogP contribution >= 0.6 is 0 Å². The molecule has 2 aromatic rings. The minimum Gasteiger partial charge on any atom is -0.464 e. The average molecular weight is 358 g/mol. The summed E-state index contributed by atoms with van der Waals surface area (Å²) in [5.74, 6) is -1.01. The quantitative estimate of drug-likeness (QED) is 0.433. The maximum atomic E-state index is 13.8. The summed E-state index contributed by atoms with van der Waals surface area (Å²) in [7, 11) is 2.60. The first-order chi connectivity index (χ1) is 12.6. The highest BCUT2D eigenvalue weighted by molar-refractivity contribution is 6.43. The summed E-state index contributed by atoms with van der Waals surface area (Å²) >= 11 is 0. The summed E-state index contributed by atoms with van der Waals surface area (Å²) < 4.78 is 18.5. The van der Waals surface area contributed by atoms with E-state index >= 15 is 0 Å². The third-order valence-electron chi connectivity index (χ3n) is 3.52. The number of hydrogen-bond donors (Lipinski definition) is 0. The minimum atomic E-state index is -0.634. The fourth-order valence-corrected chi connectivity index (χ4v) is 2.26. The zero-order chi connectivity index (χ0) is 18.9. The van der Waals surface area contributed by atoms with Crippen molar-refractivity contribution >= 4 is 17.4 Å². The lowest BCUT2D eigenvalue weighted by Crippen LogP contribution is -2.19. The number of rotatable bonds is 7. The summed E-state index contributed by atoms with van der Waals surface area (Å²) in [4.78, 5) is 22.0. The Hall–Kier alpha value is -3.22. The first-order valence-electron chi connectivity index (χ1n) is 7.77. The van der Waals surface area contributed by atoms with Gasteiger partial charge in [-0.3, -0.25) is 0 Å². The molecule has 2 aromatic carbocycles. The van der Waals surface area contributed by atoms with Crippen LogP contribution in [-0.4, -0.2) is 31.6 Å². The van der Waals surface area contributed by atoms with E-state index in [4.69, 9.17) is 14.4 Å². The van der Waals surface area contributed by atoms with Gasteiger partial charge >= 0.3 is 5.97 Å². The Morgan fingerprint density at radius 3 is 2.31 bits per heavy atom. The molecule has 0 saturated carbocycles. The highest BCUT2D eigenvalue weighted by atomic mass is 19.1. The van der Waals surface area contributed by atoms with Crippen molar-refractivity contribution in [2.75, 3.05) is 14.2 Å². The molecular formula is C19H19FN2O4. The van der Waals surface area contributed by atoms with Crippen LogP contribution in [0.15, 0.2) is 58.8 Å². The van der Waals surface area contributed by atoms with E-state index in [0.29, 0.717) is 22.4 Å². The number of halogens is 1. The van der Waals surface area contributed by atoms with Crippen molar-refractivity contribution in [3.05, 3.63) is 71.0 Å². The topological polar surface area (TPSA) is 69.5 Å². The van der Waals surface area contributed by atoms with Crippen LogP contribution in [0.25, 0.3) is 0 Å². The first-order valence-corrected chi connectivity index (χ1v) is 7.77. The predicted octanol–water partition coefficient (Wildman–Crippen LogP) is 3.29. The van der Waals surface area contributed by atoms with Gasteiger partial charge in [-0.15, -0.1) is 0 Å². The Balaban J connectivity index is 2.21. The van der Waals surface area contributed by atoms with Crippen LogP contribution in [0, 0.1) is 5.82 Å². The number of hydrogen-bond acceptors (Lipinski definition) is 6. The Bertz CT molecular complexity index is 834. The van der Waals surface area contributed by atoms with Crippen molar-refractivity contribution in [2.24, 2.45) is 10.3 Å². The molecular weight excluding hydrogens is 339 g/mol. The molecule has 0 bridgehead atoms. The molecule has 0 saturated heterocycles. The molecule has 0 aliphatic rings. The van der Waals surface area contributed by atoms with E-state index in [9.17, 15) is 9.18 Å². The molecule has 0 N–H and O–H groups in total. The molecule has 136 valence electrons. The Kier molecular flexibility index (Phi) is 6.84. The van der Waals surface area contributed by atoms with Crippen molar-refractivity contribution in [2.45, 2.75) is 13.5 Å². The molecule has 0 spiro atoms. The summed E-state index contributed by atoms with van der Waals surface area (Å²) in [6.07, 6.45) is 0. The molecule has 0 heterocycles. The van der Waals surface area contributed by atoms with Gasteiger partial charge in [0.25, 0.3) is 0 Å². The summed E-state index contributed by atoms with van der Waals surface area (Å²) in [5, 5.41) is 7.68. The number of ether oxygens (including phenoxy) is 1. The van der Waals surface area contributed by atoms with Gasteiger partial charge in [-0.05, 0) is 13.0 Å².